The zero-order chi connectivity index (χ0) is 11.0. The van der Waals surface area contributed by atoms with E-state index in [4.69, 9.17) is 16.7 Å². The molecule has 0 spiro atoms. The van der Waals surface area contributed by atoms with E-state index in [1.807, 2.05) is 6.07 Å². The summed E-state index contributed by atoms with van der Waals surface area (Å²) in [5, 5.41) is 10.3. The minimum atomic E-state index is -1.02. The average Bonchev–Trinajstić information content (AvgIpc) is 2.17. The third-order valence-corrected chi connectivity index (χ3v) is 2.41. The van der Waals surface area contributed by atoms with Crippen molar-refractivity contribution in [1.29, 1.82) is 0 Å². The number of pyridine rings is 1. The van der Waals surface area contributed by atoms with Gasteiger partial charge in [0.15, 0.2) is 5.69 Å². The Morgan fingerprint density at radius 1 is 1.40 bits per heavy atom. The molecule has 1 heterocycles. The Balaban J connectivity index is 2.77. The summed E-state index contributed by atoms with van der Waals surface area (Å²) >= 11 is 5.80. The summed E-state index contributed by atoms with van der Waals surface area (Å²) in [4.78, 5) is 14.9. The minimum Gasteiger partial charge on any atom is -0.477 e. The van der Waals surface area contributed by atoms with Gasteiger partial charge in [0.05, 0.1) is 5.52 Å². The lowest BCUT2D eigenvalue weighted by molar-refractivity contribution is 0.0690. The maximum absolute atomic E-state index is 10.9. The number of benzene rings is 1. The van der Waals surface area contributed by atoms with Crippen LogP contribution >= 0.6 is 11.6 Å². The van der Waals surface area contributed by atoms with Crippen LogP contribution in [0.5, 0.6) is 0 Å². The summed E-state index contributed by atoms with van der Waals surface area (Å²) < 4.78 is 0. The van der Waals surface area contributed by atoms with Crippen LogP contribution in [0.4, 0.5) is 0 Å². The van der Waals surface area contributed by atoms with Gasteiger partial charge in [0.25, 0.3) is 0 Å². The molecule has 2 rings (SSSR count). The number of aromatic nitrogens is 1. The molecule has 1 N–H and O–H groups in total. The van der Waals surface area contributed by atoms with Gasteiger partial charge < -0.3 is 5.11 Å². The van der Waals surface area contributed by atoms with Crippen LogP contribution < -0.4 is 0 Å². The third-order valence-electron chi connectivity index (χ3n) is 2.17. The Hall–Kier alpha value is -1.61. The molecule has 76 valence electrons. The number of halogens is 1. The first-order valence-electron chi connectivity index (χ1n) is 4.38. The van der Waals surface area contributed by atoms with Crippen molar-refractivity contribution in [2.24, 2.45) is 0 Å². The Morgan fingerprint density at radius 3 is 2.80 bits per heavy atom. The van der Waals surface area contributed by atoms with Gasteiger partial charge in [0, 0.05) is 10.4 Å². The molecule has 0 atom stereocenters. The van der Waals surface area contributed by atoms with Gasteiger partial charge in [0.1, 0.15) is 0 Å². The molecule has 0 aliphatic rings. The Labute approximate surface area is 91.3 Å². The standard InChI is InChI=1S/C11H8ClNO2/c1-6-4-7-2-3-8(12)5-9(7)13-10(6)11(14)15/h2-5H,1H3,(H,14,15). The van der Waals surface area contributed by atoms with Gasteiger partial charge >= 0.3 is 5.97 Å². The predicted molar refractivity (Wildman–Crippen MR) is 58.4 cm³/mol. The molecule has 0 saturated heterocycles. The molecule has 0 saturated carbocycles. The first kappa shape index (κ1) is 9.93. The van der Waals surface area contributed by atoms with E-state index in [9.17, 15) is 4.79 Å². The normalized spacial score (nSPS) is 10.5. The zero-order valence-corrected chi connectivity index (χ0v) is 8.75. The lowest BCUT2D eigenvalue weighted by Crippen LogP contribution is -2.03. The van der Waals surface area contributed by atoms with Crippen LogP contribution in [0.3, 0.4) is 0 Å². The van der Waals surface area contributed by atoms with E-state index in [-0.39, 0.29) is 5.69 Å². The molecule has 0 aliphatic carbocycles. The van der Waals surface area contributed by atoms with Crippen molar-refractivity contribution in [2.75, 3.05) is 0 Å². The molecule has 3 nitrogen and oxygen atoms in total. The second-order valence-corrected chi connectivity index (χ2v) is 3.73. The Morgan fingerprint density at radius 2 is 2.13 bits per heavy atom. The monoisotopic (exact) mass is 221 g/mol. The topological polar surface area (TPSA) is 50.2 Å². The largest absolute Gasteiger partial charge is 0.477 e. The van der Waals surface area contributed by atoms with Gasteiger partial charge in [-0.15, -0.1) is 0 Å². The molecule has 15 heavy (non-hydrogen) atoms. The summed E-state index contributed by atoms with van der Waals surface area (Å²) in [5.41, 5.74) is 1.33. The number of aromatic carboxylic acids is 1. The predicted octanol–water partition coefficient (Wildman–Crippen LogP) is 2.89. The number of carboxylic acids is 1. The number of carbonyl (C=O) groups is 1. The average molecular weight is 222 g/mol. The number of hydrogen-bond donors (Lipinski definition) is 1. The number of nitrogens with zero attached hydrogens (tertiary/aromatic N) is 1. The molecule has 0 unspecified atom stereocenters. The Bertz CT molecular complexity index is 552. The van der Waals surface area contributed by atoms with Gasteiger partial charge in [0.2, 0.25) is 0 Å². The fourth-order valence-corrected chi connectivity index (χ4v) is 1.63. The fourth-order valence-electron chi connectivity index (χ4n) is 1.46. The van der Waals surface area contributed by atoms with Crippen molar-refractivity contribution in [3.63, 3.8) is 0 Å². The van der Waals surface area contributed by atoms with E-state index in [1.165, 1.54) is 0 Å². The van der Waals surface area contributed by atoms with E-state index >= 15 is 0 Å². The highest BCUT2D eigenvalue weighted by Gasteiger charge is 2.10. The van der Waals surface area contributed by atoms with Crippen LogP contribution in [0.15, 0.2) is 24.3 Å². The van der Waals surface area contributed by atoms with Crippen molar-refractivity contribution >= 4 is 28.5 Å². The number of aryl methyl sites for hydroxylation is 1. The summed E-state index contributed by atoms with van der Waals surface area (Å²) in [6.07, 6.45) is 0. The molecule has 0 radical (unpaired) electrons. The fraction of sp³-hybridized carbons (Fsp3) is 0.0909. The highest BCUT2D eigenvalue weighted by atomic mass is 35.5. The van der Waals surface area contributed by atoms with Crippen molar-refractivity contribution in [3.8, 4) is 0 Å². The smallest absolute Gasteiger partial charge is 0.354 e. The Kier molecular flexibility index (Phi) is 2.32. The first-order chi connectivity index (χ1) is 7.08. The van der Waals surface area contributed by atoms with E-state index in [0.717, 1.165) is 5.39 Å². The second-order valence-electron chi connectivity index (χ2n) is 3.30. The van der Waals surface area contributed by atoms with Crippen LogP contribution in [0, 0.1) is 6.92 Å². The van der Waals surface area contributed by atoms with Gasteiger partial charge in [-0.25, -0.2) is 9.78 Å². The number of carboxylic acid groups (broad SMARTS) is 1. The molecule has 0 aliphatic heterocycles. The second kappa shape index (κ2) is 3.51. The molecule has 2 aromatic rings. The molecular weight excluding hydrogens is 214 g/mol. The molecule has 4 heteroatoms. The summed E-state index contributed by atoms with van der Waals surface area (Å²) in [6.45, 7) is 1.73. The summed E-state index contributed by atoms with van der Waals surface area (Å²) in [6, 6.07) is 7.03. The SMILES string of the molecule is Cc1cc2ccc(Cl)cc2nc1C(=O)O. The molecule has 1 aromatic heterocycles. The quantitative estimate of drug-likeness (QED) is 0.806. The van der Waals surface area contributed by atoms with Crippen LogP contribution in [-0.4, -0.2) is 16.1 Å². The van der Waals surface area contributed by atoms with Gasteiger partial charge in [-0.2, -0.15) is 0 Å². The number of rotatable bonds is 1. The molecule has 0 fully saturated rings. The highest BCUT2D eigenvalue weighted by Crippen LogP contribution is 2.20. The van der Waals surface area contributed by atoms with Crippen LogP contribution in [0.1, 0.15) is 16.1 Å². The number of fused-ring (bicyclic) bond motifs is 1. The molecule has 0 bridgehead atoms. The highest BCUT2D eigenvalue weighted by molar-refractivity contribution is 6.31. The van der Waals surface area contributed by atoms with E-state index in [1.54, 1.807) is 25.1 Å². The van der Waals surface area contributed by atoms with Gasteiger partial charge in [-0.1, -0.05) is 17.7 Å². The van der Waals surface area contributed by atoms with Gasteiger partial charge in [-0.3, -0.25) is 0 Å². The number of hydrogen-bond acceptors (Lipinski definition) is 2. The zero-order valence-electron chi connectivity index (χ0n) is 7.99. The minimum absolute atomic E-state index is 0.0739. The van der Waals surface area contributed by atoms with E-state index < -0.39 is 5.97 Å². The van der Waals surface area contributed by atoms with Crippen LogP contribution in [0.2, 0.25) is 5.02 Å². The van der Waals surface area contributed by atoms with Crippen molar-refractivity contribution in [2.45, 2.75) is 6.92 Å². The molecule has 1 aromatic carbocycles. The van der Waals surface area contributed by atoms with Crippen molar-refractivity contribution < 1.29 is 9.90 Å². The van der Waals surface area contributed by atoms with E-state index in [2.05, 4.69) is 4.98 Å². The van der Waals surface area contributed by atoms with E-state index in [0.29, 0.717) is 16.1 Å². The maximum Gasteiger partial charge on any atom is 0.354 e. The first-order valence-corrected chi connectivity index (χ1v) is 4.76. The molecular formula is C11H8ClNO2. The van der Waals surface area contributed by atoms with Crippen molar-refractivity contribution in [3.05, 3.63) is 40.5 Å². The van der Waals surface area contributed by atoms with Crippen LogP contribution in [-0.2, 0) is 0 Å². The van der Waals surface area contributed by atoms with Gasteiger partial charge in [-0.05, 0) is 30.7 Å². The van der Waals surface area contributed by atoms with Crippen LogP contribution in [0.25, 0.3) is 10.9 Å². The lowest BCUT2D eigenvalue weighted by atomic mass is 10.1. The summed E-state index contributed by atoms with van der Waals surface area (Å²) in [5.74, 6) is -1.02. The maximum atomic E-state index is 10.9. The third kappa shape index (κ3) is 1.78. The summed E-state index contributed by atoms with van der Waals surface area (Å²) in [7, 11) is 0. The lowest BCUT2D eigenvalue weighted by Gasteiger charge is -2.03. The van der Waals surface area contributed by atoms with Crippen molar-refractivity contribution in [1.82, 2.24) is 4.98 Å². The molecule has 0 amide bonds.